The van der Waals surface area contributed by atoms with Gasteiger partial charge in [-0.2, -0.15) is 0 Å². The highest BCUT2D eigenvalue weighted by Crippen LogP contribution is 2.44. The number of nitrogens with zero attached hydrogens (tertiary/aromatic N) is 1. The van der Waals surface area contributed by atoms with E-state index in [1.165, 1.54) is 38.8 Å². The average Bonchev–Trinajstić information content (AvgIpc) is 3.54. The third kappa shape index (κ3) is 4.95. The molecule has 0 spiro atoms. The summed E-state index contributed by atoms with van der Waals surface area (Å²) < 4.78 is 6.30. The van der Waals surface area contributed by atoms with Crippen molar-refractivity contribution in [3.63, 3.8) is 0 Å². The fourth-order valence-corrected chi connectivity index (χ4v) is 7.20. The van der Waals surface area contributed by atoms with E-state index in [2.05, 4.69) is 144 Å². The third-order valence-corrected chi connectivity index (χ3v) is 9.46. The molecule has 4 nitrogen and oxygen atoms in total. The Kier molecular flexibility index (Phi) is 6.80. The summed E-state index contributed by atoms with van der Waals surface area (Å²) in [6, 6.07) is 49.3. The number of fused-ring (bicyclic) bond motifs is 4. The van der Waals surface area contributed by atoms with E-state index < -0.39 is 0 Å². The second-order valence-electron chi connectivity index (χ2n) is 12.3. The molecule has 2 atom stereocenters. The van der Waals surface area contributed by atoms with Crippen LogP contribution in [0.4, 0.5) is 0 Å². The minimum absolute atomic E-state index is 0.111. The molecule has 2 N–H and O–H groups in total. The van der Waals surface area contributed by atoms with E-state index >= 15 is 0 Å². The molecule has 6 aromatic carbocycles. The molecule has 1 aliphatic heterocycles. The van der Waals surface area contributed by atoms with E-state index in [1.54, 1.807) is 0 Å². The van der Waals surface area contributed by atoms with Crippen molar-refractivity contribution in [1.82, 2.24) is 10.6 Å². The SMILES string of the molecule is C1=Cc2ccc(-c3cccc4oc5ccccc5c34)c(-c3ccc(C4NC(c5ccccc5)=NC(c5ccccc5)N4)cc3)c2CC1. The highest BCUT2D eigenvalue weighted by Gasteiger charge is 2.26. The van der Waals surface area contributed by atoms with Gasteiger partial charge in [-0.1, -0.05) is 140 Å². The Morgan fingerprint density at radius 3 is 2.23 bits per heavy atom. The predicted octanol–water partition coefficient (Wildman–Crippen LogP) is 10.2. The largest absolute Gasteiger partial charge is 0.456 e. The van der Waals surface area contributed by atoms with Gasteiger partial charge in [0.05, 0.1) is 0 Å². The topological polar surface area (TPSA) is 49.6 Å². The highest BCUT2D eigenvalue weighted by atomic mass is 16.3. The van der Waals surface area contributed by atoms with Crippen LogP contribution in [0.3, 0.4) is 0 Å². The fourth-order valence-electron chi connectivity index (χ4n) is 7.20. The molecule has 47 heavy (non-hydrogen) atoms. The maximum atomic E-state index is 6.30. The summed E-state index contributed by atoms with van der Waals surface area (Å²) >= 11 is 0. The van der Waals surface area contributed by atoms with Crippen LogP contribution in [0.2, 0.25) is 0 Å². The molecule has 2 unspecified atom stereocenters. The molecule has 0 saturated carbocycles. The van der Waals surface area contributed by atoms with Crippen molar-refractivity contribution in [1.29, 1.82) is 0 Å². The van der Waals surface area contributed by atoms with E-state index in [0.717, 1.165) is 51.9 Å². The van der Waals surface area contributed by atoms with E-state index in [9.17, 15) is 0 Å². The van der Waals surface area contributed by atoms with Crippen LogP contribution in [-0.2, 0) is 6.42 Å². The van der Waals surface area contributed by atoms with Gasteiger partial charge in [0.2, 0.25) is 0 Å². The van der Waals surface area contributed by atoms with Crippen molar-refractivity contribution in [2.75, 3.05) is 0 Å². The van der Waals surface area contributed by atoms with Gasteiger partial charge in [-0.3, -0.25) is 5.32 Å². The molecular formula is C43H33N3O. The Morgan fingerprint density at radius 2 is 1.38 bits per heavy atom. The lowest BCUT2D eigenvalue weighted by atomic mass is 9.83. The lowest BCUT2D eigenvalue weighted by Gasteiger charge is -2.32. The number of benzene rings is 6. The monoisotopic (exact) mass is 607 g/mol. The highest BCUT2D eigenvalue weighted by molar-refractivity contribution is 6.14. The first-order valence-electron chi connectivity index (χ1n) is 16.3. The minimum Gasteiger partial charge on any atom is -0.456 e. The van der Waals surface area contributed by atoms with Gasteiger partial charge < -0.3 is 9.73 Å². The molecule has 0 fully saturated rings. The van der Waals surface area contributed by atoms with Crippen LogP contribution in [0, 0.1) is 0 Å². The van der Waals surface area contributed by atoms with Crippen LogP contribution in [0.5, 0.6) is 0 Å². The summed E-state index contributed by atoms with van der Waals surface area (Å²) in [4.78, 5) is 5.08. The number of hydrogen-bond acceptors (Lipinski definition) is 4. The van der Waals surface area contributed by atoms with Crippen LogP contribution in [0.15, 0.2) is 155 Å². The van der Waals surface area contributed by atoms with Crippen LogP contribution in [-0.4, -0.2) is 5.84 Å². The van der Waals surface area contributed by atoms with E-state index in [-0.39, 0.29) is 12.3 Å². The van der Waals surface area contributed by atoms with E-state index in [4.69, 9.17) is 9.41 Å². The van der Waals surface area contributed by atoms with Gasteiger partial charge in [0.15, 0.2) is 0 Å². The van der Waals surface area contributed by atoms with Crippen molar-refractivity contribution in [3.05, 3.63) is 173 Å². The Hall–Kier alpha value is -5.71. The lowest BCUT2D eigenvalue weighted by Crippen LogP contribution is -2.44. The molecule has 0 bridgehead atoms. The zero-order valence-corrected chi connectivity index (χ0v) is 25.9. The van der Waals surface area contributed by atoms with Crippen LogP contribution in [0.1, 0.15) is 46.6 Å². The van der Waals surface area contributed by atoms with Gasteiger partial charge in [0, 0.05) is 16.3 Å². The van der Waals surface area contributed by atoms with E-state index in [1.807, 2.05) is 18.2 Å². The molecule has 2 aliphatic rings. The van der Waals surface area contributed by atoms with Crippen LogP contribution < -0.4 is 10.6 Å². The number of hydrogen-bond donors (Lipinski definition) is 2. The molecule has 226 valence electrons. The number of para-hydroxylation sites is 1. The predicted molar refractivity (Wildman–Crippen MR) is 193 cm³/mol. The Balaban J connectivity index is 1.14. The van der Waals surface area contributed by atoms with Gasteiger partial charge in [0.1, 0.15) is 29.3 Å². The molecule has 0 saturated heterocycles. The smallest absolute Gasteiger partial charge is 0.136 e. The van der Waals surface area contributed by atoms with Crippen molar-refractivity contribution in [2.24, 2.45) is 4.99 Å². The summed E-state index contributed by atoms with van der Waals surface area (Å²) in [6.07, 6.45) is 6.34. The molecule has 1 aromatic heterocycles. The Morgan fingerprint density at radius 1 is 0.617 bits per heavy atom. The fraction of sp³-hybridized carbons (Fsp3) is 0.0930. The normalized spacial score (nSPS) is 17.3. The molecule has 2 heterocycles. The summed E-state index contributed by atoms with van der Waals surface area (Å²) in [5.41, 5.74) is 12.9. The molecule has 0 amide bonds. The first-order valence-corrected chi connectivity index (χ1v) is 16.3. The van der Waals surface area contributed by atoms with Crippen LogP contribution in [0.25, 0.3) is 50.3 Å². The van der Waals surface area contributed by atoms with Gasteiger partial charge in [-0.15, -0.1) is 0 Å². The van der Waals surface area contributed by atoms with Crippen LogP contribution >= 0.6 is 0 Å². The number of allylic oxidation sites excluding steroid dienone is 1. The van der Waals surface area contributed by atoms with Crippen molar-refractivity contribution < 1.29 is 4.42 Å². The summed E-state index contributed by atoms with van der Waals surface area (Å²) in [7, 11) is 0. The molecule has 1 aliphatic carbocycles. The van der Waals surface area contributed by atoms with E-state index in [0.29, 0.717) is 0 Å². The number of furan rings is 1. The molecule has 7 aromatic rings. The lowest BCUT2D eigenvalue weighted by molar-refractivity contribution is 0.409. The summed E-state index contributed by atoms with van der Waals surface area (Å²) in [6.45, 7) is 0. The Labute approximate surface area is 274 Å². The van der Waals surface area contributed by atoms with Gasteiger partial charge in [0.25, 0.3) is 0 Å². The van der Waals surface area contributed by atoms with Gasteiger partial charge in [-0.25, -0.2) is 4.99 Å². The van der Waals surface area contributed by atoms with Crippen molar-refractivity contribution in [2.45, 2.75) is 25.2 Å². The van der Waals surface area contributed by atoms with Crippen molar-refractivity contribution in [3.8, 4) is 22.3 Å². The molecule has 0 radical (unpaired) electrons. The second-order valence-corrected chi connectivity index (χ2v) is 12.3. The zero-order valence-electron chi connectivity index (χ0n) is 25.9. The maximum absolute atomic E-state index is 6.30. The number of amidine groups is 1. The number of aliphatic imine (C=N–C) groups is 1. The summed E-state index contributed by atoms with van der Waals surface area (Å²) in [5, 5.41) is 9.75. The molecular weight excluding hydrogens is 574 g/mol. The first kappa shape index (κ1) is 27.6. The van der Waals surface area contributed by atoms with Gasteiger partial charge >= 0.3 is 0 Å². The molecule has 4 heteroatoms. The third-order valence-electron chi connectivity index (χ3n) is 9.46. The standard InChI is InChI=1S/C43H33N3O/c1-3-13-30(14-4-1)41-44-42(31-15-5-2-6-16-31)46-43(45-41)32-24-22-29(23-25-32)39-33-17-8-7-12-28(33)26-27-35(39)34-19-11-21-38-40(34)36-18-9-10-20-37(36)47-38/h1-7,9-16,18-27,41,43,45H,8,17H2,(H,44,46). The Bertz CT molecular complexity index is 2300. The average molecular weight is 608 g/mol. The second kappa shape index (κ2) is 11.6. The number of rotatable bonds is 5. The summed E-state index contributed by atoms with van der Waals surface area (Å²) in [5.74, 6) is 0.888. The maximum Gasteiger partial charge on any atom is 0.136 e. The van der Waals surface area contributed by atoms with Gasteiger partial charge in [-0.05, 0) is 69.5 Å². The number of nitrogens with one attached hydrogen (secondary N) is 2. The quantitative estimate of drug-likeness (QED) is 0.205. The molecule has 9 rings (SSSR count). The minimum atomic E-state index is -0.165. The first-order chi connectivity index (χ1) is 23.3. The zero-order chi connectivity index (χ0) is 31.2. The van der Waals surface area contributed by atoms with Crippen molar-refractivity contribution >= 4 is 33.9 Å².